The van der Waals surface area contributed by atoms with Crippen LogP contribution in [0.5, 0.6) is 0 Å². The van der Waals surface area contributed by atoms with Crippen molar-refractivity contribution in [2.45, 2.75) is 18.4 Å². The van der Waals surface area contributed by atoms with Gasteiger partial charge in [0.1, 0.15) is 0 Å². The highest BCUT2D eigenvalue weighted by Crippen LogP contribution is 2.31. The number of nitrogens with zero attached hydrogens (tertiary/aromatic N) is 2. The lowest BCUT2D eigenvalue weighted by molar-refractivity contribution is 0.102. The Morgan fingerprint density at radius 3 is 2.47 bits per heavy atom. The number of thiazole rings is 1. The van der Waals surface area contributed by atoms with Gasteiger partial charge in [-0.15, -0.1) is 0 Å². The third kappa shape index (κ3) is 4.68. The van der Waals surface area contributed by atoms with Crippen LogP contribution in [0.4, 0.5) is 5.13 Å². The fraction of sp³-hybridized carbons (Fsp3) is 0.130. The Hall–Kier alpha value is -2.78. The molecule has 0 atom stereocenters. The number of anilines is 1. The van der Waals surface area contributed by atoms with E-state index in [4.69, 9.17) is 11.6 Å². The van der Waals surface area contributed by atoms with E-state index < -0.39 is 10.0 Å². The summed E-state index contributed by atoms with van der Waals surface area (Å²) < 4.78 is 27.9. The van der Waals surface area contributed by atoms with Crippen molar-refractivity contribution in [2.75, 3.05) is 12.4 Å². The van der Waals surface area contributed by atoms with E-state index in [-0.39, 0.29) is 17.3 Å². The summed E-state index contributed by atoms with van der Waals surface area (Å²) in [5, 5.41) is 3.84. The van der Waals surface area contributed by atoms with Gasteiger partial charge in [-0.3, -0.25) is 10.1 Å². The van der Waals surface area contributed by atoms with Crippen LogP contribution in [0.2, 0.25) is 5.02 Å². The molecule has 0 saturated carbocycles. The largest absolute Gasteiger partial charge is 0.298 e. The van der Waals surface area contributed by atoms with Gasteiger partial charge in [0.05, 0.1) is 15.1 Å². The number of aryl methyl sites for hydroxylation is 1. The number of carbonyl (C=O) groups is 1. The molecule has 0 bridgehead atoms. The number of aromatic nitrogens is 1. The van der Waals surface area contributed by atoms with Crippen molar-refractivity contribution in [1.82, 2.24) is 9.29 Å². The molecule has 3 aromatic carbocycles. The van der Waals surface area contributed by atoms with Gasteiger partial charge in [0.15, 0.2) is 5.13 Å². The van der Waals surface area contributed by atoms with E-state index in [1.807, 2.05) is 49.4 Å². The maximum absolute atomic E-state index is 12.9. The van der Waals surface area contributed by atoms with Gasteiger partial charge in [0, 0.05) is 24.2 Å². The van der Waals surface area contributed by atoms with Crippen LogP contribution in [-0.4, -0.2) is 30.7 Å². The molecule has 1 amide bonds. The van der Waals surface area contributed by atoms with Gasteiger partial charge >= 0.3 is 0 Å². The third-order valence-electron chi connectivity index (χ3n) is 4.94. The molecule has 0 aliphatic rings. The van der Waals surface area contributed by atoms with Gasteiger partial charge in [-0.2, -0.15) is 4.31 Å². The molecule has 0 saturated heterocycles. The van der Waals surface area contributed by atoms with E-state index in [2.05, 4.69) is 10.3 Å². The predicted molar refractivity (Wildman–Crippen MR) is 129 cm³/mol. The number of amides is 1. The van der Waals surface area contributed by atoms with Gasteiger partial charge in [-0.05, 0) is 54.4 Å². The van der Waals surface area contributed by atoms with Crippen LogP contribution in [0.1, 0.15) is 21.5 Å². The molecule has 1 aromatic heterocycles. The van der Waals surface area contributed by atoms with Crippen LogP contribution < -0.4 is 5.32 Å². The highest BCUT2D eigenvalue weighted by atomic mass is 35.5. The summed E-state index contributed by atoms with van der Waals surface area (Å²) in [6.07, 6.45) is 0. The Bertz CT molecular complexity index is 1390. The van der Waals surface area contributed by atoms with E-state index >= 15 is 0 Å². The molecule has 4 rings (SSSR count). The van der Waals surface area contributed by atoms with E-state index in [1.54, 1.807) is 0 Å². The van der Waals surface area contributed by atoms with Crippen molar-refractivity contribution < 1.29 is 13.2 Å². The monoisotopic (exact) mass is 485 g/mol. The van der Waals surface area contributed by atoms with Crippen molar-refractivity contribution in [2.24, 2.45) is 0 Å². The minimum atomic E-state index is -3.69. The second-order valence-corrected chi connectivity index (χ2v) is 10.8. The molecule has 9 heteroatoms. The summed E-state index contributed by atoms with van der Waals surface area (Å²) in [6.45, 7) is 2.17. The number of fused-ring (bicyclic) bond motifs is 1. The minimum Gasteiger partial charge on any atom is -0.298 e. The molecule has 0 aliphatic heterocycles. The zero-order chi connectivity index (χ0) is 22.9. The van der Waals surface area contributed by atoms with E-state index in [0.717, 1.165) is 21.3 Å². The Morgan fingerprint density at radius 1 is 1.09 bits per heavy atom. The van der Waals surface area contributed by atoms with Crippen LogP contribution in [0.15, 0.2) is 71.6 Å². The fourth-order valence-electron chi connectivity index (χ4n) is 3.26. The number of sulfonamides is 1. The highest BCUT2D eigenvalue weighted by Gasteiger charge is 2.21. The first-order valence-electron chi connectivity index (χ1n) is 9.72. The predicted octanol–water partition coefficient (Wildman–Crippen LogP) is 5.33. The second-order valence-electron chi connectivity index (χ2n) is 7.31. The molecular weight excluding hydrogens is 466 g/mol. The van der Waals surface area contributed by atoms with Crippen molar-refractivity contribution >= 4 is 54.2 Å². The standard InChI is InChI=1S/C23H20ClN3O3S2/c1-15-12-18(24)13-20-21(15)25-23(31-20)26-22(28)17-8-10-19(11-9-17)32(29,30)27(2)14-16-6-4-3-5-7-16/h3-13H,14H2,1-2H3,(H,25,26,28). The molecule has 0 fully saturated rings. The molecular formula is C23H20ClN3O3S2. The Balaban J connectivity index is 1.49. The van der Waals surface area contributed by atoms with Gasteiger partial charge in [0.2, 0.25) is 10.0 Å². The van der Waals surface area contributed by atoms with E-state index in [1.165, 1.54) is 47.0 Å². The molecule has 164 valence electrons. The quantitative estimate of drug-likeness (QED) is 0.400. The molecule has 1 heterocycles. The average molecular weight is 486 g/mol. The summed E-state index contributed by atoms with van der Waals surface area (Å²) in [7, 11) is -2.15. The van der Waals surface area contributed by atoms with Crippen LogP contribution in [0, 0.1) is 6.92 Å². The van der Waals surface area contributed by atoms with Crippen molar-refractivity contribution in [3.8, 4) is 0 Å². The lowest BCUT2D eigenvalue weighted by atomic mass is 10.2. The normalized spacial score (nSPS) is 11.8. The Labute approximate surface area is 195 Å². The average Bonchev–Trinajstić information content (AvgIpc) is 3.17. The number of carbonyl (C=O) groups excluding carboxylic acids is 1. The number of benzene rings is 3. The fourth-order valence-corrected chi connectivity index (χ4v) is 5.74. The number of halogens is 1. The Kier molecular flexibility index (Phi) is 6.30. The first-order valence-corrected chi connectivity index (χ1v) is 12.4. The van der Waals surface area contributed by atoms with Crippen molar-refractivity contribution in [3.63, 3.8) is 0 Å². The lowest BCUT2D eigenvalue weighted by Crippen LogP contribution is -2.26. The van der Waals surface area contributed by atoms with E-state index in [9.17, 15) is 13.2 Å². The first-order chi connectivity index (χ1) is 15.2. The molecule has 0 unspecified atom stereocenters. The van der Waals surface area contributed by atoms with Crippen LogP contribution in [0.3, 0.4) is 0 Å². The van der Waals surface area contributed by atoms with E-state index in [0.29, 0.717) is 15.7 Å². The smallest absolute Gasteiger partial charge is 0.257 e. The van der Waals surface area contributed by atoms with Gasteiger partial charge < -0.3 is 0 Å². The molecule has 32 heavy (non-hydrogen) atoms. The summed E-state index contributed by atoms with van der Waals surface area (Å²) in [5.74, 6) is -0.366. The molecule has 4 aromatic rings. The number of nitrogens with one attached hydrogen (secondary N) is 1. The number of hydrogen-bond donors (Lipinski definition) is 1. The third-order valence-corrected chi connectivity index (χ3v) is 7.90. The van der Waals surface area contributed by atoms with Gasteiger partial charge in [-0.25, -0.2) is 13.4 Å². The molecule has 0 radical (unpaired) electrons. The van der Waals surface area contributed by atoms with Crippen molar-refractivity contribution in [3.05, 3.63) is 88.4 Å². The maximum Gasteiger partial charge on any atom is 0.257 e. The topological polar surface area (TPSA) is 79.4 Å². The number of rotatable bonds is 6. The Morgan fingerprint density at radius 2 is 1.78 bits per heavy atom. The lowest BCUT2D eigenvalue weighted by Gasteiger charge is -2.17. The van der Waals surface area contributed by atoms with Crippen LogP contribution in [0.25, 0.3) is 10.2 Å². The summed E-state index contributed by atoms with van der Waals surface area (Å²) in [4.78, 5) is 17.2. The zero-order valence-electron chi connectivity index (χ0n) is 17.4. The van der Waals surface area contributed by atoms with Gasteiger partial charge in [0.25, 0.3) is 5.91 Å². The molecule has 1 N–H and O–H groups in total. The summed E-state index contributed by atoms with van der Waals surface area (Å²) >= 11 is 7.42. The minimum absolute atomic E-state index is 0.123. The molecule has 0 spiro atoms. The highest BCUT2D eigenvalue weighted by molar-refractivity contribution is 7.89. The second kappa shape index (κ2) is 8.99. The summed E-state index contributed by atoms with van der Waals surface area (Å²) in [6, 6.07) is 18.9. The molecule has 0 aliphatic carbocycles. The maximum atomic E-state index is 12.9. The first kappa shape index (κ1) is 22.4. The van der Waals surface area contributed by atoms with Crippen molar-refractivity contribution in [1.29, 1.82) is 0 Å². The zero-order valence-corrected chi connectivity index (χ0v) is 19.8. The van der Waals surface area contributed by atoms with Crippen LogP contribution >= 0.6 is 22.9 Å². The molecule has 6 nitrogen and oxygen atoms in total. The van der Waals surface area contributed by atoms with Crippen LogP contribution in [-0.2, 0) is 16.6 Å². The summed E-state index contributed by atoms with van der Waals surface area (Å²) in [5.41, 5.74) is 2.95. The SMILES string of the molecule is Cc1cc(Cl)cc2sc(NC(=O)c3ccc(S(=O)(=O)N(C)Cc4ccccc4)cc3)nc12. The van der Waals surface area contributed by atoms with Gasteiger partial charge in [-0.1, -0.05) is 53.3 Å². The number of hydrogen-bond acceptors (Lipinski definition) is 5.